The summed E-state index contributed by atoms with van der Waals surface area (Å²) in [4.78, 5) is 6.92. The number of likely N-dealkylation sites (tertiary alicyclic amines) is 1. The number of hydrogen-bond donors (Lipinski definition) is 2. The molecule has 0 spiro atoms. The Labute approximate surface area is 208 Å². The highest BCUT2D eigenvalue weighted by molar-refractivity contribution is 14.0. The van der Waals surface area contributed by atoms with Crippen LogP contribution in [-0.4, -0.2) is 40.8 Å². The fourth-order valence-corrected chi connectivity index (χ4v) is 3.96. The van der Waals surface area contributed by atoms with Crippen molar-refractivity contribution in [3.8, 4) is 5.69 Å². The Morgan fingerprint density at radius 3 is 2.31 bits per heavy atom. The Morgan fingerprint density at radius 1 is 0.906 bits per heavy atom. The molecule has 3 aromatic rings. The Balaban J connectivity index is 0.00000289. The van der Waals surface area contributed by atoms with Crippen LogP contribution in [0.15, 0.2) is 72.0 Å². The summed E-state index contributed by atoms with van der Waals surface area (Å²) in [6.07, 6.45) is 7.79. The average Bonchev–Trinajstić information content (AvgIpc) is 3.36. The van der Waals surface area contributed by atoms with E-state index in [2.05, 4.69) is 74.2 Å². The number of aliphatic imine (C=N–C) groups is 1. The zero-order valence-electron chi connectivity index (χ0n) is 18.7. The monoisotopic (exact) mass is 544 g/mol. The normalized spacial score (nSPS) is 14.6. The summed E-state index contributed by atoms with van der Waals surface area (Å²) in [5.74, 6) is 0.793. The van der Waals surface area contributed by atoms with Crippen LogP contribution < -0.4 is 10.6 Å². The Kier molecular flexibility index (Phi) is 9.55. The Hall–Kier alpha value is -2.39. The van der Waals surface area contributed by atoms with Crippen LogP contribution >= 0.6 is 24.0 Å². The third-order valence-corrected chi connectivity index (χ3v) is 5.70. The summed E-state index contributed by atoms with van der Waals surface area (Å²) in [6.45, 7) is 4.97. The molecule has 0 bridgehead atoms. The molecule has 0 unspecified atom stereocenters. The molecule has 6 nitrogen and oxygen atoms in total. The van der Waals surface area contributed by atoms with Gasteiger partial charge < -0.3 is 10.6 Å². The lowest BCUT2D eigenvalue weighted by molar-refractivity contribution is 0.221. The molecular weight excluding hydrogens is 511 g/mol. The van der Waals surface area contributed by atoms with Gasteiger partial charge in [-0.15, -0.1) is 24.0 Å². The van der Waals surface area contributed by atoms with Gasteiger partial charge in [0, 0.05) is 39.1 Å². The number of nitrogens with zero attached hydrogens (tertiary/aromatic N) is 4. The van der Waals surface area contributed by atoms with Crippen LogP contribution in [0.5, 0.6) is 0 Å². The number of piperidine rings is 1. The minimum absolute atomic E-state index is 0. The van der Waals surface area contributed by atoms with Crippen molar-refractivity contribution >= 4 is 29.9 Å². The topological polar surface area (TPSA) is 57.5 Å². The van der Waals surface area contributed by atoms with Crippen molar-refractivity contribution in [2.45, 2.75) is 38.9 Å². The Bertz CT molecular complexity index is 962. The van der Waals surface area contributed by atoms with Crippen molar-refractivity contribution in [2.24, 2.45) is 4.99 Å². The first-order valence-electron chi connectivity index (χ1n) is 11.1. The maximum atomic E-state index is 4.36. The molecule has 1 fully saturated rings. The molecule has 0 aliphatic carbocycles. The van der Waals surface area contributed by atoms with Gasteiger partial charge in [-0.25, -0.2) is 4.68 Å². The second-order valence-corrected chi connectivity index (χ2v) is 8.05. The van der Waals surface area contributed by atoms with E-state index in [-0.39, 0.29) is 24.0 Å². The van der Waals surface area contributed by atoms with E-state index in [1.54, 1.807) is 13.2 Å². The van der Waals surface area contributed by atoms with Crippen LogP contribution in [0.1, 0.15) is 36.0 Å². The molecule has 1 aliphatic heterocycles. The molecule has 1 aliphatic rings. The number of halogens is 1. The van der Waals surface area contributed by atoms with Crippen LogP contribution in [0.4, 0.5) is 0 Å². The van der Waals surface area contributed by atoms with E-state index >= 15 is 0 Å². The number of benzene rings is 2. The van der Waals surface area contributed by atoms with Gasteiger partial charge in [0.1, 0.15) is 0 Å². The predicted molar refractivity (Wildman–Crippen MR) is 142 cm³/mol. The van der Waals surface area contributed by atoms with E-state index in [0.29, 0.717) is 6.54 Å². The maximum Gasteiger partial charge on any atom is 0.191 e. The van der Waals surface area contributed by atoms with Crippen molar-refractivity contribution in [3.05, 3.63) is 83.7 Å². The highest BCUT2D eigenvalue weighted by atomic mass is 127. The number of hydrogen-bond acceptors (Lipinski definition) is 3. The Morgan fingerprint density at radius 2 is 1.62 bits per heavy atom. The standard InChI is InChI=1S/C25H32N6.HI/c1-26-25(28-19-23-7-5-8-24(17-23)31-16-6-13-29-31)27-18-21-9-11-22(12-10-21)20-30-14-3-2-4-15-30;/h5-13,16-17H,2-4,14-15,18-20H2,1H3,(H2,26,27,28);1H. The summed E-state index contributed by atoms with van der Waals surface area (Å²) in [5.41, 5.74) is 4.88. The molecule has 170 valence electrons. The van der Waals surface area contributed by atoms with Crippen molar-refractivity contribution in [1.82, 2.24) is 25.3 Å². The highest BCUT2D eigenvalue weighted by Crippen LogP contribution is 2.14. The van der Waals surface area contributed by atoms with Gasteiger partial charge >= 0.3 is 0 Å². The van der Waals surface area contributed by atoms with Gasteiger partial charge in [-0.2, -0.15) is 5.10 Å². The van der Waals surface area contributed by atoms with Crippen LogP contribution in [0.2, 0.25) is 0 Å². The van der Waals surface area contributed by atoms with Gasteiger partial charge in [0.15, 0.2) is 5.96 Å². The second-order valence-electron chi connectivity index (χ2n) is 8.05. The van der Waals surface area contributed by atoms with Gasteiger partial charge in [-0.1, -0.05) is 42.8 Å². The fourth-order valence-electron chi connectivity index (χ4n) is 3.96. The lowest BCUT2D eigenvalue weighted by Crippen LogP contribution is -2.36. The second kappa shape index (κ2) is 12.6. The van der Waals surface area contributed by atoms with E-state index in [9.17, 15) is 0 Å². The van der Waals surface area contributed by atoms with Crippen molar-refractivity contribution < 1.29 is 0 Å². The molecule has 1 aromatic heterocycles. The highest BCUT2D eigenvalue weighted by Gasteiger charge is 2.10. The molecule has 0 amide bonds. The van der Waals surface area contributed by atoms with Crippen LogP contribution in [-0.2, 0) is 19.6 Å². The predicted octanol–water partition coefficient (Wildman–Crippen LogP) is 4.34. The van der Waals surface area contributed by atoms with Crippen molar-refractivity contribution in [2.75, 3.05) is 20.1 Å². The summed E-state index contributed by atoms with van der Waals surface area (Å²) in [5, 5.41) is 11.1. The summed E-state index contributed by atoms with van der Waals surface area (Å²) >= 11 is 0. The lowest BCUT2D eigenvalue weighted by atomic mass is 10.1. The number of nitrogens with one attached hydrogen (secondary N) is 2. The molecule has 0 radical (unpaired) electrons. The summed E-state index contributed by atoms with van der Waals surface area (Å²) in [6, 6.07) is 19.2. The van der Waals surface area contributed by atoms with Crippen LogP contribution in [0.25, 0.3) is 5.69 Å². The van der Waals surface area contributed by atoms with Crippen LogP contribution in [0.3, 0.4) is 0 Å². The molecule has 1 saturated heterocycles. The van der Waals surface area contributed by atoms with Crippen LogP contribution in [0, 0.1) is 0 Å². The molecule has 0 saturated carbocycles. The van der Waals surface area contributed by atoms with Gasteiger partial charge in [-0.05, 0) is 60.8 Å². The fraction of sp³-hybridized carbons (Fsp3) is 0.360. The van der Waals surface area contributed by atoms with Crippen molar-refractivity contribution in [1.29, 1.82) is 0 Å². The lowest BCUT2D eigenvalue weighted by Gasteiger charge is -2.26. The molecule has 2 aromatic carbocycles. The van der Waals surface area contributed by atoms with Gasteiger partial charge in [0.05, 0.1) is 5.69 Å². The van der Waals surface area contributed by atoms with E-state index in [1.807, 2.05) is 16.9 Å². The molecule has 2 N–H and O–H groups in total. The SMILES string of the molecule is CN=C(NCc1ccc(CN2CCCCC2)cc1)NCc1cccc(-n2cccn2)c1.I. The number of guanidine groups is 1. The average molecular weight is 544 g/mol. The largest absolute Gasteiger partial charge is 0.352 e. The van der Waals surface area contributed by atoms with Gasteiger partial charge in [0.2, 0.25) is 0 Å². The molecule has 4 rings (SSSR count). The third-order valence-electron chi connectivity index (χ3n) is 5.70. The van der Waals surface area contributed by atoms with Gasteiger partial charge in [-0.3, -0.25) is 9.89 Å². The minimum Gasteiger partial charge on any atom is -0.352 e. The zero-order chi connectivity index (χ0) is 21.3. The third kappa shape index (κ3) is 7.06. The van der Waals surface area contributed by atoms with Crippen molar-refractivity contribution in [3.63, 3.8) is 0 Å². The van der Waals surface area contributed by atoms with E-state index < -0.39 is 0 Å². The van der Waals surface area contributed by atoms with E-state index in [1.165, 1.54) is 49.0 Å². The number of aromatic nitrogens is 2. The summed E-state index contributed by atoms with van der Waals surface area (Å²) in [7, 11) is 1.80. The molecule has 7 heteroatoms. The summed E-state index contributed by atoms with van der Waals surface area (Å²) < 4.78 is 1.87. The zero-order valence-corrected chi connectivity index (χ0v) is 21.0. The first kappa shape index (κ1) is 24.3. The molecule has 0 atom stereocenters. The first-order valence-corrected chi connectivity index (χ1v) is 11.1. The van der Waals surface area contributed by atoms with E-state index in [0.717, 1.165) is 24.7 Å². The number of rotatable bonds is 7. The first-order chi connectivity index (χ1) is 15.3. The van der Waals surface area contributed by atoms with Gasteiger partial charge in [0.25, 0.3) is 0 Å². The molecule has 32 heavy (non-hydrogen) atoms. The van der Waals surface area contributed by atoms with E-state index in [4.69, 9.17) is 0 Å². The molecule has 2 heterocycles. The minimum atomic E-state index is 0. The maximum absolute atomic E-state index is 4.36. The quantitative estimate of drug-likeness (QED) is 0.264. The smallest absolute Gasteiger partial charge is 0.191 e. The molecular formula is C25H33IN6.